The number of H-pyrrole nitrogens is 1. The highest BCUT2D eigenvalue weighted by Crippen LogP contribution is 2.30. The van der Waals surface area contributed by atoms with E-state index in [2.05, 4.69) is 21.3 Å². The SMILES string of the molecule is N#Cc1ccc(-c2[nH]ncc2CN2CCN(c3ccc(C(F)(F)F)cn3)CC2CF)cc1. The van der Waals surface area contributed by atoms with Crippen LogP contribution in [0.2, 0.25) is 0 Å². The molecule has 32 heavy (non-hydrogen) atoms. The van der Waals surface area contributed by atoms with Gasteiger partial charge in [0.1, 0.15) is 12.5 Å². The first-order valence-corrected chi connectivity index (χ1v) is 10.00. The lowest BCUT2D eigenvalue weighted by Gasteiger charge is -2.40. The smallest absolute Gasteiger partial charge is 0.354 e. The number of piperazine rings is 1. The normalized spacial score (nSPS) is 17.3. The topological polar surface area (TPSA) is 71.8 Å². The van der Waals surface area contributed by atoms with Gasteiger partial charge in [0.2, 0.25) is 0 Å². The molecule has 1 unspecified atom stereocenters. The predicted octanol–water partition coefficient (Wildman–Crippen LogP) is 4.02. The van der Waals surface area contributed by atoms with E-state index in [0.29, 0.717) is 37.6 Å². The highest BCUT2D eigenvalue weighted by molar-refractivity contribution is 5.63. The number of nitrogens with one attached hydrogen (secondary N) is 1. The largest absolute Gasteiger partial charge is 0.417 e. The molecule has 166 valence electrons. The lowest BCUT2D eigenvalue weighted by Crippen LogP contribution is -2.54. The summed E-state index contributed by atoms with van der Waals surface area (Å²) in [6, 6.07) is 11.1. The molecule has 0 radical (unpaired) electrons. The van der Waals surface area contributed by atoms with Crippen LogP contribution >= 0.6 is 0 Å². The Labute approximate surface area is 182 Å². The molecule has 0 spiro atoms. The molecule has 4 rings (SSSR count). The number of hydrogen-bond acceptors (Lipinski definition) is 5. The minimum absolute atomic E-state index is 0.318. The van der Waals surface area contributed by atoms with Crippen molar-refractivity contribution in [2.45, 2.75) is 18.8 Å². The van der Waals surface area contributed by atoms with Gasteiger partial charge in [0, 0.05) is 37.9 Å². The van der Waals surface area contributed by atoms with Crippen molar-refractivity contribution in [3.8, 4) is 17.3 Å². The fraction of sp³-hybridized carbons (Fsp3) is 0.318. The zero-order chi connectivity index (χ0) is 22.7. The van der Waals surface area contributed by atoms with Gasteiger partial charge in [-0.15, -0.1) is 0 Å². The van der Waals surface area contributed by atoms with E-state index >= 15 is 0 Å². The quantitative estimate of drug-likeness (QED) is 0.602. The number of nitrogens with zero attached hydrogens (tertiary/aromatic N) is 5. The molecule has 0 saturated carbocycles. The van der Waals surface area contributed by atoms with Gasteiger partial charge in [-0.3, -0.25) is 10.00 Å². The molecule has 0 amide bonds. The second-order valence-corrected chi connectivity index (χ2v) is 7.59. The summed E-state index contributed by atoms with van der Waals surface area (Å²) in [4.78, 5) is 7.74. The first-order chi connectivity index (χ1) is 15.4. The molecule has 0 aliphatic carbocycles. The van der Waals surface area contributed by atoms with E-state index in [-0.39, 0.29) is 0 Å². The third-order valence-corrected chi connectivity index (χ3v) is 5.58. The zero-order valence-corrected chi connectivity index (χ0v) is 17.0. The van der Waals surface area contributed by atoms with Crippen LogP contribution in [0.4, 0.5) is 23.4 Å². The summed E-state index contributed by atoms with van der Waals surface area (Å²) in [7, 11) is 0. The van der Waals surface area contributed by atoms with Gasteiger partial charge in [0.25, 0.3) is 0 Å². The second-order valence-electron chi connectivity index (χ2n) is 7.59. The molecule has 1 aliphatic heterocycles. The van der Waals surface area contributed by atoms with Gasteiger partial charge in [0.05, 0.1) is 35.1 Å². The van der Waals surface area contributed by atoms with E-state index in [1.54, 1.807) is 23.2 Å². The molecule has 1 aliphatic rings. The van der Waals surface area contributed by atoms with Crippen LogP contribution in [-0.4, -0.2) is 52.4 Å². The van der Waals surface area contributed by atoms with Crippen molar-refractivity contribution in [1.82, 2.24) is 20.1 Å². The summed E-state index contributed by atoms with van der Waals surface area (Å²) >= 11 is 0. The minimum atomic E-state index is -4.44. The Morgan fingerprint density at radius 2 is 1.88 bits per heavy atom. The van der Waals surface area contributed by atoms with Crippen molar-refractivity contribution < 1.29 is 17.6 Å². The van der Waals surface area contributed by atoms with E-state index in [1.165, 1.54) is 6.07 Å². The van der Waals surface area contributed by atoms with E-state index in [9.17, 15) is 17.6 Å². The number of rotatable bonds is 5. The first-order valence-electron chi connectivity index (χ1n) is 10.00. The Hall–Kier alpha value is -3.45. The van der Waals surface area contributed by atoms with E-state index in [0.717, 1.165) is 29.1 Å². The van der Waals surface area contributed by atoms with Crippen LogP contribution in [0.25, 0.3) is 11.3 Å². The molecule has 3 heterocycles. The average Bonchev–Trinajstić information content (AvgIpc) is 3.27. The standard InChI is InChI=1S/C22H20F4N6/c23-9-19-14-32(20-6-5-18(12-28-20)22(24,25)26)8-7-31(19)13-17-11-29-30-21(17)16-3-1-15(10-27)2-4-16/h1-6,11-12,19H,7-9,13-14H2,(H,29,30). The molecule has 1 saturated heterocycles. The van der Waals surface area contributed by atoms with Gasteiger partial charge in [-0.25, -0.2) is 9.37 Å². The Morgan fingerprint density at radius 3 is 2.50 bits per heavy atom. The molecule has 0 bridgehead atoms. The van der Waals surface area contributed by atoms with Crippen molar-refractivity contribution in [2.75, 3.05) is 31.2 Å². The number of halogens is 4. The van der Waals surface area contributed by atoms with E-state index in [1.807, 2.05) is 17.0 Å². The third-order valence-electron chi connectivity index (χ3n) is 5.58. The molecule has 1 N–H and O–H groups in total. The zero-order valence-electron chi connectivity index (χ0n) is 17.0. The van der Waals surface area contributed by atoms with Gasteiger partial charge >= 0.3 is 6.18 Å². The number of aromatic amines is 1. The second kappa shape index (κ2) is 8.96. The summed E-state index contributed by atoms with van der Waals surface area (Å²) in [6.07, 6.45) is -1.93. The van der Waals surface area contributed by atoms with Gasteiger partial charge in [0.15, 0.2) is 0 Å². The molecule has 6 nitrogen and oxygen atoms in total. The fourth-order valence-electron chi connectivity index (χ4n) is 3.81. The number of aromatic nitrogens is 3. The first kappa shape index (κ1) is 21.8. The molecule has 1 fully saturated rings. The van der Waals surface area contributed by atoms with Gasteiger partial charge in [-0.2, -0.15) is 23.5 Å². The summed E-state index contributed by atoms with van der Waals surface area (Å²) < 4.78 is 52.2. The highest BCUT2D eigenvalue weighted by atomic mass is 19.4. The Bertz CT molecular complexity index is 1090. The van der Waals surface area contributed by atoms with Crippen molar-refractivity contribution in [1.29, 1.82) is 5.26 Å². The monoisotopic (exact) mass is 444 g/mol. The van der Waals surface area contributed by atoms with Crippen LogP contribution in [0, 0.1) is 11.3 Å². The summed E-state index contributed by atoms with van der Waals surface area (Å²) in [5.74, 6) is 0.401. The van der Waals surface area contributed by atoms with Gasteiger partial charge in [-0.1, -0.05) is 12.1 Å². The predicted molar refractivity (Wildman–Crippen MR) is 110 cm³/mol. The number of pyridine rings is 1. The van der Waals surface area contributed by atoms with Crippen molar-refractivity contribution >= 4 is 5.82 Å². The highest BCUT2D eigenvalue weighted by Gasteiger charge is 2.32. The number of nitriles is 1. The van der Waals surface area contributed by atoms with Crippen LogP contribution < -0.4 is 4.90 Å². The Morgan fingerprint density at radius 1 is 1.09 bits per heavy atom. The Balaban J connectivity index is 1.46. The number of benzene rings is 1. The molecular formula is C22H20F4N6. The molecule has 1 aromatic carbocycles. The molecule has 3 aromatic rings. The summed E-state index contributed by atoms with van der Waals surface area (Å²) in [6.45, 7) is 1.23. The van der Waals surface area contributed by atoms with Crippen LogP contribution in [-0.2, 0) is 12.7 Å². The number of hydrogen-bond donors (Lipinski definition) is 1. The van der Waals surface area contributed by atoms with Crippen LogP contribution in [0.15, 0.2) is 48.8 Å². The molecule has 2 aromatic heterocycles. The van der Waals surface area contributed by atoms with Crippen LogP contribution in [0.3, 0.4) is 0 Å². The average molecular weight is 444 g/mol. The maximum atomic E-state index is 13.9. The Kier molecular flexibility index (Phi) is 6.10. The van der Waals surface area contributed by atoms with Crippen molar-refractivity contribution in [3.05, 3.63) is 65.5 Å². The minimum Gasteiger partial charge on any atom is -0.354 e. The molecule has 10 heteroatoms. The molecular weight excluding hydrogens is 424 g/mol. The van der Waals surface area contributed by atoms with E-state index in [4.69, 9.17) is 5.26 Å². The van der Waals surface area contributed by atoms with Crippen molar-refractivity contribution in [3.63, 3.8) is 0 Å². The number of alkyl halides is 4. The lowest BCUT2D eigenvalue weighted by molar-refractivity contribution is -0.137. The maximum absolute atomic E-state index is 13.9. The maximum Gasteiger partial charge on any atom is 0.417 e. The van der Waals surface area contributed by atoms with Crippen LogP contribution in [0.1, 0.15) is 16.7 Å². The van der Waals surface area contributed by atoms with Crippen molar-refractivity contribution in [2.24, 2.45) is 0 Å². The fourth-order valence-corrected chi connectivity index (χ4v) is 3.81. The van der Waals surface area contributed by atoms with Gasteiger partial charge in [-0.05, 0) is 29.8 Å². The molecule has 1 atom stereocenters. The summed E-state index contributed by atoms with van der Waals surface area (Å²) in [5, 5.41) is 16.1. The third kappa shape index (κ3) is 4.57. The van der Waals surface area contributed by atoms with E-state index < -0.39 is 24.5 Å². The summed E-state index contributed by atoms with van der Waals surface area (Å²) in [5.41, 5.74) is 2.33. The van der Waals surface area contributed by atoms with Crippen LogP contribution in [0.5, 0.6) is 0 Å². The van der Waals surface area contributed by atoms with Gasteiger partial charge < -0.3 is 4.90 Å². The number of anilines is 1. The lowest BCUT2D eigenvalue weighted by atomic mass is 10.0.